The molecule has 2 aromatic rings. The zero-order valence-electron chi connectivity index (χ0n) is 10.1. The van der Waals surface area contributed by atoms with Gasteiger partial charge in [-0.3, -0.25) is 0 Å². The second-order valence-electron chi connectivity index (χ2n) is 4.40. The van der Waals surface area contributed by atoms with Crippen molar-refractivity contribution in [3.05, 3.63) is 52.3 Å². The molecule has 0 aliphatic carbocycles. The van der Waals surface area contributed by atoms with Crippen LogP contribution in [0, 0.1) is 5.82 Å². The van der Waals surface area contributed by atoms with Crippen molar-refractivity contribution in [1.82, 2.24) is 9.55 Å². The second-order valence-corrected chi connectivity index (χ2v) is 5.26. The maximum Gasteiger partial charge on any atom is 0.137 e. The van der Waals surface area contributed by atoms with Crippen molar-refractivity contribution in [1.29, 1.82) is 0 Å². The normalized spacial score (nSPS) is 12.7. The van der Waals surface area contributed by atoms with Gasteiger partial charge in [-0.15, -0.1) is 0 Å². The first-order valence-corrected chi connectivity index (χ1v) is 6.55. The highest BCUT2D eigenvalue weighted by Crippen LogP contribution is 2.18. The molecule has 96 valence electrons. The van der Waals surface area contributed by atoms with E-state index in [9.17, 15) is 4.39 Å². The highest BCUT2D eigenvalue weighted by atomic mass is 79.9. The van der Waals surface area contributed by atoms with E-state index in [1.165, 1.54) is 6.07 Å². The van der Waals surface area contributed by atoms with Gasteiger partial charge >= 0.3 is 0 Å². The molecule has 3 nitrogen and oxygen atoms in total. The molecule has 0 spiro atoms. The molecule has 0 aliphatic rings. The van der Waals surface area contributed by atoms with Crippen molar-refractivity contribution in [3.63, 3.8) is 0 Å². The number of imidazole rings is 1. The van der Waals surface area contributed by atoms with E-state index in [2.05, 4.69) is 20.9 Å². The first-order valence-electron chi connectivity index (χ1n) is 5.76. The van der Waals surface area contributed by atoms with Crippen LogP contribution in [0.3, 0.4) is 0 Å². The van der Waals surface area contributed by atoms with Crippen LogP contribution in [-0.2, 0) is 13.0 Å². The van der Waals surface area contributed by atoms with Crippen LogP contribution in [0.4, 0.5) is 4.39 Å². The van der Waals surface area contributed by atoms with Crippen molar-refractivity contribution in [2.75, 3.05) is 0 Å². The summed E-state index contributed by atoms with van der Waals surface area (Å²) < 4.78 is 15.7. The van der Waals surface area contributed by atoms with Gasteiger partial charge in [-0.25, -0.2) is 9.37 Å². The van der Waals surface area contributed by atoms with Gasteiger partial charge < -0.3 is 10.3 Å². The third-order valence-corrected chi connectivity index (χ3v) is 3.25. The number of nitrogens with two attached hydrogens (primary N) is 1. The lowest BCUT2D eigenvalue weighted by molar-refractivity contribution is 0.617. The average Bonchev–Trinajstić information content (AvgIpc) is 2.70. The van der Waals surface area contributed by atoms with Crippen LogP contribution < -0.4 is 5.73 Å². The Hall–Kier alpha value is -1.20. The Balaban J connectivity index is 2.18. The SMILES string of the molecule is CC(N)Cc1nccn1Cc1ccc(F)c(Br)c1. The summed E-state index contributed by atoms with van der Waals surface area (Å²) in [6.07, 6.45) is 4.40. The molecule has 0 radical (unpaired) electrons. The molecule has 2 rings (SSSR count). The molecule has 0 saturated heterocycles. The van der Waals surface area contributed by atoms with E-state index >= 15 is 0 Å². The van der Waals surface area contributed by atoms with Crippen LogP contribution in [0.25, 0.3) is 0 Å². The van der Waals surface area contributed by atoms with Gasteiger partial charge in [-0.2, -0.15) is 0 Å². The van der Waals surface area contributed by atoms with Crippen molar-refractivity contribution in [2.45, 2.75) is 25.9 Å². The Bertz CT molecular complexity index is 537. The summed E-state index contributed by atoms with van der Waals surface area (Å²) in [4.78, 5) is 4.29. The minimum absolute atomic E-state index is 0.0751. The van der Waals surface area contributed by atoms with Gasteiger partial charge in [0.1, 0.15) is 11.6 Å². The van der Waals surface area contributed by atoms with E-state index in [1.807, 2.05) is 17.7 Å². The molecule has 1 unspecified atom stereocenters. The molecular formula is C13H15BrFN3. The molecule has 2 N–H and O–H groups in total. The minimum Gasteiger partial charge on any atom is -0.330 e. The summed E-state index contributed by atoms with van der Waals surface area (Å²) in [5, 5.41) is 0. The number of halogens is 2. The van der Waals surface area contributed by atoms with Gasteiger partial charge in [0.15, 0.2) is 0 Å². The molecule has 0 aliphatic heterocycles. The maximum atomic E-state index is 13.1. The van der Waals surface area contributed by atoms with E-state index in [-0.39, 0.29) is 11.9 Å². The summed E-state index contributed by atoms with van der Waals surface area (Å²) >= 11 is 3.19. The number of aromatic nitrogens is 2. The van der Waals surface area contributed by atoms with E-state index in [0.29, 0.717) is 11.0 Å². The van der Waals surface area contributed by atoms with Gasteiger partial charge in [-0.05, 0) is 40.5 Å². The monoisotopic (exact) mass is 311 g/mol. The predicted molar refractivity (Wildman–Crippen MR) is 72.8 cm³/mol. The fraction of sp³-hybridized carbons (Fsp3) is 0.308. The lowest BCUT2D eigenvalue weighted by Crippen LogP contribution is -2.20. The third kappa shape index (κ3) is 3.17. The highest BCUT2D eigenvalue weighted by Gasteiger charge is 2.07. The van der Waals surface area contributed by atoms with Crippen LogP contribution >= 0.6 is 15.9 Å². The van der Waals surface area contributed by atoms with Gasteiger partial charge in [0.05, 0.1) is 4.47 Å². The van der Waals surface area contributed by atoms with Crippen molar-refractivity contribution in [2.24, 2.45) is 5.73 Å². The van der Waals surface area contributed by atoms with E-state index in [1.54, 1.807) is 18.3 Å². The van der Waals surface area contributed by atoms with Gasteiger partial charge in [0.2, 0.25) is 0 Å². The molecule has 0 bridgehead atoms. The maximum absolute atomic E-state index is 13.1. The summed E-state index contributed by atoms with van der Waals surface area (Å²) in [6.45, 7) is 2.62. The van der Waals surface area contributed by atoms with E-state index in [0.717, 1.165) is 17.8 Å². The molecule has 1 aromatic carbocycles. The van der Waals surface area contributed by atoms with Crippen LogP contribution in [0.5, 0.6) is 0 Å². The van der Waals surface area contributed by atoms with Crippen LogP contribution in [0.2, 0.25) is 0 Å². The topological polar surface area (TPSA) is 43.8 Å². The molecule has 1 atom stereocenters. The zero-order valence-corrected chi connectivity index (χ0v) is 11.7. The zero-order chi connectivity index (χ0) is 13.1. The molecule has 0 fully saturated rings. The number of rotatable bonds is 4. The summed E-state index contributed by atoms with van der Waals surface area (Å²) in [5.41, 5.74) is 6.80. The Kier molecular flexibility index (Phi) is 4.14. The molecule has 5 heteroatoms. The smallest absolute Gasteiger partial charge is 0.137 e. The third-order valence-electron chi connectivity index (χ3n) is 2.64. The first-order chi connectivity index (χ1) is 8.56. The number of hydrogen-bond acceptors (Lipinski definition) is 2. The lowest BCUT2D eigenvalue weighted by Gasteiger charge is -2.10. The summed E-state index contributed by atoms with van der Waals surface area (Å²) in [7, 11) is 0. The lowest BCUT2D eigenvalue weighted by atomic mass is 10.2. The quantitative estimate of drug-likeness (QED) is 0.943. The Labute approximate surface area is 114 Å². The Morgan fingerprint density at radius 2 is 2.28 bits per heavy atom. The van der Waals surface area contributed by atoms with Crippen LogP contribution in [-0.4, -0.2) is 15.6 Å². The molecule has 18 heavy (non-hydrogen) atoms. The molecule has 0 saturated carbocycles. The molecule has 1 heterocycles. The van der Waals surface area contributed by atoms with Gasteiger partial charge in [-0.1, -0.05) is 6.07 Å². The standard InChI is InChI=1S/C13H15BrFN3/c1-9(16)6-13-17-4-5-18(13)8-10-2-3-12(15)11(14)7-10/h2-5,7,9H,6,8,16H2,1H3. The molecular weight excluding hydrogens is 297 g/mol. The Morgan fingerprint density at radius 3 is 2.94 bits per heavy atom. The van der Waals surface area contributed by atoms with Gasteiger partial charge in [0.25, 0.3) is 0 Å². The summed E-state index contributed by atoms with van der Waals surface area (Å²) in [5.74, 6) is 0.700. The number of nitrogens with zero attached hydrogens (tertiary/aromatic N) is 2. The van der Waals surface area contributed by atoms with E-state index < -0.39 is 0 Å². The van der Waals surface area contributed by atoms with Crippen LogP contribution in [0.15, 0.2) is 35.1 Å². The minimum atomic E-state index is -0.250. The fourth-order valence-electron chi connectivity index (χ4n) is 1.80. The fourth-order valence-corrected chi connectivity index (χ4v) is 2.22. The van der Waals surface area contributed by atoms with E-state index in [4.69, 9.17) is 5.73 Å². The molecule has 1 aromatic heterocycles. The average molecular weight is 312 g/mol. The van der Waals surface area contributed by atoms with Crippen molar-refractivity contribution < 1.29 is 4.39 Å². The predicted octanol–water partition coefficient (Wildman–Crippen LogP) is 2.72. The first kappa shape index (κ1) is 13.2. The largest absolute Gasteiger partial charge is 0.330 e. The summed E-state index contributed by atoms with van der Waals surface area (Å²) in [6, 6.07) is 5.09. The number of hydrogen-bond donors (Lipinski definition) is 1. The van der Waals surface area contributed by atoms with Crippen molar-refractivity contribution in [3.8, 4) is 0 Å². The van der Waals surface area contributed by atoms with Gasteiger partial charge in [0, 0.05) is 31.4 Å². The highest BCUT2D eigenvalue weighted by molar-refractivity contribution is 9.10. The van der Waals surface area contributed by atoms with Crippen molar-refractivity contribution >= 4 is 15.9 Å². The Morgan fingerprint density at radius 1 is 1.50 bits per heavy atom. The number of benzene rings is 1. The second kappa shape index (κ2) is 5.63. The molecule has 0 amide bonds. The van der Waals surface area contributed by atoms with Crippen LogP contribution in [0.1, 0.15) is 18.3 Å².